The Morgan fingerprint density at radius 2 is 2.27 bits per heavy atom. The summed E-state index contributed by atoms with van der Waals surface area (Å²) in [7, 11) is 0. The number of nitrogens with one attached hydrogen (secondary N) is 1. The summed E-state index contributed by atoms with van der Waals surface area (Å²) >= 11 is 3.47. The van der Waals surface area contributed by atoms with Crippen molar-refractivity contribution in [1.29, 1.82) is 0 Å². The molecule has 0 bridgehead atoms. The van der Waals surface area contributed by atoms with Crippen LogP contribution in [-0.2, 0) is 6.42 Å². The highest BCUT2D eigenvalue weighted by atomic mass is 79.9. The molecule has 1 atom stereocenters. The molecule has 0 aliphatic heterocycles. The molecule has 1 aromatic carbocycles. The Kier molecular flexibility index (Phi) is 3.12. The predicted molar refractivity (Wildman–Crippen MR) is 66.0 cm³/mol. The molecule has 0 radical (unpaired) electrons. The second-order valence-corrected chi connectivity index (χ2v) is 4.91. The van der Waals surface area contributed by atoms with Gasteiger partial charge in [-0.15, -0.1) is 0 Å². The van der Waals surface area contributed by atoms with Crippen molar-refractivity contribution in [2.24, 2.45) is 5.92 Å². The number of benzene rings is 1. The molecule has 0 amide bonds. The van der Waals surface area contributed by atoms with E-state index in [-0.39, 0.29) is 6.61 Å². The number of halogens is 1. The molecule has 1 heterocycles. The Bertz CT molecular complexity index is 464. The van der Waals surface area contributed by atoms with Gasteiger partial charge >= 0.3 is 0 Å². The van der Waals surface area contributed by atoms with Gasteiger partial charge in [-0.05, 0) is 36.1 Å². The van der Waals surface area contributed by atoms with Crippen LogP contribution in [-0.4, -0.2) is 16.7 Å². The molecule has 3 heteroatoms. The van der Waals surface area contributed by atoms with Crippen molar-refractivity contribution in [3.8, 4) is 0 Å². The van der Waals surface area contributed by atoms with E-state index in [1.54, 1.807) is 0 Å². The van der Waals surface area contributed by atoms with Crippen LogP contribution < -0.4 is 0 Å². The Hall–Kier alpha value is -0.800. The highest BCUT2D eigenvalue weighted by molar-refractivity contribution is 9.10. The van der Waals surface area contributed by atoms with E-state index in [1.165, 1.54) is 10.9 Å². The first-order chi connectivity index (χ1) is 7.20. The van der Waals surface area contributed by atoms with Crippen LogP contribution in [0, 0.1) is 5.92 Å². The minimum atomic E-state index is 0.237. The quantitative estimate of drug-likeness (QED) is 0.881. The smallest absolute Gasteiger partial charge is 0.0459 e. The van der Waals surface area contributed by atoms with Crippen LogP contribution in [0.25, 0.3) is 10.9 Å². The lowest BCUT2D eigenvalue weighted by Gasteiger charge is -2.06. The maximum Gasteiger partial charge on any atom is 0.0459 e. The summed E-state index contributed by atoms with van der Waals surface area (Å²) in [6, 6.07) is 6.20. The van der Waals surface area contributed by atoms with Crippen LogP contribution in [0.5, 0.6) is 0 Å². The van der Waals surface area contributed by atoms with Gasteiger partial charge in [-0.25, -0.2) is 0 Å². The van der Waals surface area contributed by atoms with Gasteiger partial charge in [0.05, 0.1) is 0 Å². The van der Waals surface area contributed by atoms with Gasteiger partial charge in [0.25, 0.3) is 0 Å². The number of H-pyrrole nitrogens is 1. The highest BCUT2D eigenvalue weighted by Crippen LogP contribution is 2.24. The molecule has 1 aromatic heterocycles. The summed E-state index contributed by atoms with van der Waals surface area (Å²) in [4.78, 5) is 3.24. The number of hydrogen-bond donors (Lipinski definition) is 2. The Morgan fingerprint density at radius 1 is 1.47 bits per heavy atom. The lowest BCUT2D eigenvalue weighted by atomic mass is 10.0. The molecular weight excluding hydrogens is 254 g/mol. The highest BCUT2D eigenvalue weighted by Gasteiger charge is 2.07. The molecule has 80 valence electrons. The van der Waals surface area contributed by atoms with Crippen molar-refractivity contribution < 1.29 is 5.11 Å². The van der Waals surface area contributed by atoms with E-state index in [9.17, 15) is 0 Å². The van der Waals surface area contributed by atoms with E-state index in [1.807, 2.05) is 12.3 Å². The maximum absolute atomic E-state index is 9.04. The fourth-order valence-corrected chi connectivity index (χ4v) is 2.12. The largest absolute Gasteiger partial charge is 0.396 e. The summed E-state index contributed by atoms with van der Waals surface area (Å²) in [6.45, 7) is 2.29. The van der Waals surface area contributed by atoms with Gasteiger partial charge in [0.1, 0.15) is 0 Å². The van der Waals surface area contributed by atoms with Crippen LogP contribution in [0.3, 0.4) is 0 Å². The SMILES string of the molecule is CC(CO)Cc1c[nH]c2ccc(Br)cc12. The molecule has 15 heavy (non-hydrogen) atoms. The molecule has 1 unspecified atom stereocenters. The summed E-state index contributed by atoms with van der Waals surface area (Å²) < 4.78 is 1.09. The van der Waals surface area contributed by atoms with Gasteiger partial charge in [-0.2, -0.15) is 0 Å². The number of fused-ring (bicyclic) bond motifs is 1. The first-order valence-electron chi connectivity index (χ1n) is 5.07. The molecule has 0 aliphatic carbocycles. The van der Waals surface area contributed by atoms with Crippen LogP contribution in [0.15, 0.2) is 28.9 Å². The minimum Gasteiger partial charge on any atom is -0.396 e. The third-order valence-corrected chi connectivity index (χ3v) is 3.10. The number of rotatable bonds is 3. The summed E-state index contributed by atoms with van der Waals surface area (Å²) in [5.41, 5.74) is 2.42. The standard InChI is InChI=1S/C12H14BrNO/c1-8(7-15)4-9-6-14-12-3-2-10(13)5-11(9)12/h2-3,5-6,8,14-15H,4,7H2,1H3. The molecule has 0 fully saturated rings. The van der Waals surface area contributed by atoms with E-state index in [0.29, 0.717) is 5.92 Å². The van der Waals surface area contributed by atoms with E-state index in [0.717, 1.165) is 16.4 Å². The molecule has 2 rings (SSSR count). The van der Waals surface area contributed by atoms with Gasteiger partial charge in [0.2, 0.25) is 0 Å². The van der Waals surface area contributed by atoms with Gasteiger partial charge in [0.15, 0.2) is 0 Å². The van der Waals surface area contributed by atoms with Crippen molar-refractivity contribution in [3.05, 3.63) is 34.4 Å². The zero-order valence-corrected chi connectivity index (χ0v) is 10.2. The van der Waals surface area contributed by atoms with Crippen LogP contribution in [0.1, 0.15) is 12.5 Å². The summed E-state index contributed by atoms with van der Waals surface area (Å²) in [6.07, 6.45) is 2.94. The van der Waals surface area contributed by atoms with Crippen molar-refractivity contribution in [2.75, 3.05) is 6.61 Å². The molecule has 2 aromatic rings. The molecule has 0 saturated heterocycles. The minimum absolute atomic E-state index is 0.237. The summed E-state index contributed by atoms with van der Waals surface area (Å²) in [5.74, 6) is 0.308. The number of aromatic nitrogens is 1. The van der Waals surface area contributed by atoms with Gasteiger partial charge in [-0.3, -0.25) is 0 Å². The topological polar surface area (TPSA) is 36.0 Å². The summed E-state index contributed by atoms with van der Waals surface area (Å²) in [5, 5.41) is 10.3. The lowest BCUT2D eigenvalue weighted by molar-refractivity contribution is 0.237. The number of hydrogen-bond acceptors (Lipinski definition) is 1. The number of aliphatic hydroxyl groups is 1. The Labute approximate surface area is 97.4 Å². The average molecular weight is 268 g/mol. The van der Waals surface area contributed by atoms with Gasteiger partial charge in [0, 0.05) is 28.2 Å². The molecular formula is C12H14BrNO. The monoisotopic (exact) mass is 267 g/mol. The normalized spacial score (nSPS) is 13.3. The zero-order chi connectivity index (χ0) is 10.8. The maximum atomic E-state index is 9.04. The average Bonchev–Trinajstić information content (AvgIpc) is 2.61. The molecule has 0 spiro atoms. The predicted octanol–water partition coefficient (Wildman–Crippen LogP) is 3.10. The third kappa shape index (κ3) is 2.24. The van der Waals surface area contributed by atoms with Crippen LogP contribution >= 0.6 is 15.9 Å². The van der Waals surface area contributed by atoms with Crippen LogP contribution in [0.4, 0.5) is 0 Å². The fraction of sp³-hybridized carbons (Fsp3) is 0.333. The second kappa shape index (κ2) is 4.37. The molecule has 2 N–H and O–H groups in total. The van der Waals surface area contributed by atoms with E-state index < -0.39 is 0 Å². The first-order valence-corrected chi connectivity index (χ1v) is 5.86. The third-order valence-electron chi connectivity index (χ3n) is 2.61. The van der Waals surface area contributed by atoms with Gasteiger partial charge in [-0.1, -0.05) is 22.9 Å². The van der Waals surface area contributed by atoms with Crippen molar-refractivity contribution in [2.45, 2.75) is 13.3 Å². The van der Waals surface area contributed by atoms with Crippen LogP contribution in [0.2, 0.25) is 0 Å². The Morgan fingerprint density at radius 3 is 3.00 bits per heavy atom. The number of aliphatic hydroxyl groups excluding tert-OH is 1. The second-order valence-electron chi connectivity index (χ2n) is 4.00. The molecule has 0 aliphatic rings. The van der Waals surface area contributed by atoms with E-state index in [4.69, 9.17) is 5.11 Å². The molecule has 0 saturated carbocycles. The van der Waals surface area contributed by atoms with Crippen molar-refractivity contribution in [1.82, 2.24) is 4.98 Å². The first kappa shape index (κ1) is 10.7. The molecule has 2 nitrogen and oxygen atoms in total. The van der Waals surface area contributed by atoms with Crippen molar-refractivity contribution >= 4 is 26.8 Å². The van der Waals surface area contributed by atoms with E-state index in [2.05, 4.69) is 40.0 Å². The Balaban J connectivity index is 2.39. The van der Waals surface area contributed by atoms with Gasteiger partial charge < -0.3 is 10.1 Å². The van der Waals surface area contributed by atoms with E-state index >= 15 is 0 Å². The number of aromatic amines is 1. The van der Waals surface area contributed by atoms with Crippen molar-refractivity contribution in [3.63, 3.8) is 0 Å². The fourth-order valence-electron chi connectivity index (χ4n) is 1.76. The zero-order valence-electron chi connectivity index (χ0n) is 8.63. The lowest BCUT2D eigenvalue weighted by Crippen LogP contribution is -2.03.